The average Bonchev–Trinajstić information content (AvgIpc) is 2.15. The van der Waals surface area contributed by atoms with Gasteiger partial charge < -0.3 is 4.74 Å². The number of halogens is 1. The zero-order valence-electron chi connectivity index (χ0n) is 7.94. The van der Waals surface area contributed by atoms with E-state index in [2.05, 4.69) is 10.9 Å². The Morgan fingerprint density at radius 2 is 2.00 bits per heavy atom. The van der Waals surface area contributed by atoms with Crippen molar-refractivity contribution in [2.45, 2.75) is 0 Å². The number of para-hydroxylation sites is 1. The fraction of sp³-hybridized carbons (Fsp3) is 0.111. The summed E-state index contributed by atoms with van der Waals surface area (Å²) < 4.78 is 40.2. The summed E-state index contributed by atoms with van der Waals surface area (Å²) in [5, 5.41) is 0. The molecule has 0 spiro atoms. The van der Waals surface area contributed by atoms with Gasteiger partial charge in [0.1, 0.15) is 10.2 Å². The molecule has 1 aromatic carbocycles. The standard InChI is InChI=1S/C9H9ClO5/c1-3-7-5-4-6-8(9(7)14-2)15-10(11,12)13/h3-6H,1H2,2H3. The molecule has 0 bridgehead atoms. The van der Waals surface area contributed by atoms with Crippen LogP contribution in [0.3, 0.4) is 0 Å². The smallest absolute Gasteiger partial charge is 0.330 e. The molecule has 15 heavy (non-hydrogen) atoms. The number of hydrogen-bond donors (Lipinski definition) is 0. The van der Waals surface area contributed by atoms with Crippen molar-refractivity contribution < 1.29 is 33.2 Å². The molecule has 0 heterocycles. The molecular weight excluding hydrogens is 224 g/mol. The van der Waals surface area contributed by atoms with Gasteiger partial charge in [0, 0.05) is 11.6 Å². The van der Waals surface area contributed by atoms with E-state index in [0.717, 1.165) is 0 Å². The van der Waals surface area contributed by atoms with E-state index >= 15 is 0 Å². The largest absolute Gasteiger partial charge is 0.492 e. The van der Waals surface area contributed by atoms with Crippen molar-refractivity contribution in [1.82, 2.24) is 0 Å². The Morgan fingerprint density at radius 3 is 2.47 bits per heavy atom. The van der Waals surface area contributed by atoms with Crippen molar-refractivity contribution in [3.63, 3.8) is 0 Å². The molecule has 1 rings (SSSR count). The Morgan fingerprint density at radius 1 is 1.33 bits per heavy atom. The van der Waals surface area contributed by atoms with Gasteiger partial charge in [0.2, 0.25) is 0 Å². The average molecular weight is 233 g/mol. The molecule has 6 heteroatoms. The summed E-state index contributed by atoms with van der Waals surface area (Å²) in [7, 11) is -3.19. The van der Waals surface area contributed by atoms with Crippen molar-refractivity contribution in [3.8, 4) is 11.5 Å². The zero-order valence-corrected chi connectivity index (χ0v) is 8.69. The van der Waals surface area contributed by atoms with Gasteiger partial charge in [0.05, 0.1) is 7.11 Å². The van der Waals surface area contributed by atoms with E-state index in [4.69, 9.17) is 4.74 Å². The summed E-state index contributed by atoms with van der Waals surface area (Å²) in [4.78, 5) is 0. The summed E-state index contributed by atoms with van der Waals surface area (Å²) in [5.41, 5.74) is 0.536. The van der Waals surface area contributed by atoms with Crippen LogP contribution in [-0.4, -0.2) is 7.11 Å². The summed E-state index contributed by atoms with van der Waals surface area (Å²) in [6.07, 6.45) is 1.46. The van der Waals surface area contributed by atoms with Gasteiger partial charge in [0.15, 0.2) is 5.75 Å². The van der Waals surface area contributed by atoms with E-state index in [9.17, 15) is 14.0 Å². The molecule has 0 saturated heterocycles. The van der Waals surface area contributed by atoms with E-state index < -0.39 is 10.2 Å². The van der Waals surface area contributed by atoms with E-state index in [1.165, 1.54) is 25.3 Å². The monoisotopic (exact) mass is 232 g/mol. The van der Waals surface area contributed by atoms with Crippen LogP contribution in [0.1, 0.15) is 5.56 Å². The zero-order chi connectivity index (χ0) is 11.5. The van der Waals surface area contributed by atoms with Crippen LogP contribution in [0.4, 0.5) is 0 Å². The van der Waals surface area contributed by atoms with Gasteiger partial charge in [-0.3, -0.25) is 0 Å². The Bertz CT molecular complexity index is 358. The van der Waals surface area contributed by atoms with Crippen LogP contribution in [0.25, 0.3) is 6.08 Å². The minimum absolute atomic E-state index is 0.152. The van der Waals surface area contributed by atoms with Gasteiger partial charge >= 0.3 is 5.75 Å². The molecule has 0 fully saturated rings. The second-order valence-electron chi connectivity index (χ2n) is 2.54. The first-order chi connectivity index (χ1) is 6.98. The highest BCUT2D eigenvalue weighted by Crippen LogP contribution is 2.32. The fourth-order valence-electron chi connectivity index (χ4n) is 1.07. The summed E-state index contributed by atoms with van der Waals surface area (Å²) in [6.45, 7) is 3.51. The molecule has 0 radical (unpaired) electrons. The Kier molecular flexibility index (Phi) is 3.54. The van der Waals surface area contributed by atoms with Crippen LogP contribution >= 0.6 is 0 Å². The van der Waals surface area contributed by atoms with Crippen molar-refractivity contribution in [3.05, 3.63) is 30.3 Å². The number of ether oxygens (including phenoxy) is 1. The maximum absolute atomic E-state index is 10.4. The lowest BCUT2D eigenvalue weighted by atomic mass is 10.2. The third-order valence-electron chi connectivity index (χ3n) is 1.61. The second-order valence-corrected chi connectivity index (χ2v) is 3.45. The Hall–Kier alpha value is -1.27. The molecule has 1 aromatic rings. The number of methoxy groups -OCH3 is 1. The molecule has 82 valence electrons. The van der Waals surface area contributed by atoms with Crippen LogP contribution in [0.5, 0.6) is 11.5 Å². The van der Waals surface area contributed by atoms with Gasteiger partial charge in [-0.2, -0.15) is 14.0 Å². The van der Waals surface area contributed by atoms with E-state index in [1.54, 1.807) is 6.07 Å². The summed E-state index contributed by atoms with van der Waals surface area (Å²) in [5.74, 6) is -0.00834. The fourth-order valence-corrected chi connectivity index (χ4v) is 1.40. The quantitative estimate of drug-likeness (QED) is 0.638. The van der Waals surface area contributed by atoms with E-state index in [1.807, 2.05) is 0 Å². The third kappa shape index (κ3) is 3.10. The molecule has 0 N–H and O–H groups in total. The van der Waals surface area contributed by atoms with E-state index in [0.29, 0.717) is 5.56 Å². The van der Waals surface area contributed by atoms with E-state index in [-0.39, 0.29) is 11.5 Å². The first-order valence-electron chi connectivity index (χ1n) is 3.87. The van der Waals surface area contributed by atoms with Crippen molar-refractivity contribution in [2.24, 2.45) is 0 Å². The molecular formula is C9H9ClO5. The Balaban J connectivity index is 3.12. The predicted octanol–water partition coefficient (Wildman–Crippen LogP) is -1.39. The topological polar surface area (TPSA) is 87.6 Å². The molecule has 0 aliphatic carbocycles. The van der Waals surface area contributed by atoms with Crippen molar-refractivity contribution >= 4 is 6.08 Å². The highest BCUT2D eigenvalue weighted by molar-refractivity contribution is 5.60. The first-order valence-corrected chi connectivity index (χ1v) is 5.11. The molecule has 5 nitrogen and oxygen atoms in total. The molecule has 0 aromatic heterocycles. The van der Waals surface area contributed by atoms with Crippen molar-refractivity contribution in [1.29, 1.82) is 0 Å². The molecule has 0 amide bonds. The first kappa shape index (κ1) is 11.8. The summed E-state index contributed by atoms with van der Waals surface area (Å²) in [6, 6.07) is 4.48. The Labute approximate surface area is 88.9 Å². The van der Waals surface area contributed by atoms with Crippen LogP contribution in [0, 0.1) is 10.2 Å². The van der Waals surface area contributed by atoms with Crippen LogP contribution < -0.4 is 23.0 Å². The number of hydrogen-bond acceptors (Lipinski definition) is 5. The molecule has 0 aliphatic rings. The lowest BCUT2D eigenvalue weighted by molar-refractivity contribution is -1.91. The van der Waals surface area contributed by atoms with Gasteiger partial charge in [-0.15, -0.1) is 0 Å². The second kappa shape index (κ2) is 4.50. The van der Waals surface area contributed by atoms with Gasteiger partial charge in [-0.1, -0.05) is 29.1 Å². The molecule has 0 atom stereocenters. The van der Waals surface area contributed by atoms with Crippen LogP contribution in [-0.2, 0) is 0 Å². The normalized spacial score (nSPS) is 10.9. The third-order valence-corrected chi connectivity index (χ3v) is 1.97. The number of benzene rings is 1. The number of rotatable bonds is 4. The van der Waals surface area contributed by atoms with Gasteiger partial charge in [-0.05, 0) is 0 Å². The molecule has 0 unspecified atom stereocenters. The lowest BCUT2D eigenvalue weighted by Crippen LogP contribution is -2.63. The van der Waals surface area contributed by atoms with Crippen LogP contribution in [0.15, 0.2) is 24.8 Å². The lowest BCUT2D eigenvalue weighted by Gasteiger charge is -2.14. The maximum Gasteiger partial charge on any atom is 0.330 e. The highest BCUT2D eigenvalue weighted by atomic mass is 35.7. The predicted molar refractivity (Wildman–Crippen MR) is 43.7 cm³/mol. The molecule has 0 aliphatic heterocycles. The van der Waals surface area contributed by atoms with Gasteiger partial charge in [0.25, 0.3) is 0 Å². The van der Waals surface area contributed by atoms with Gasteiger partial charge in [-0.25, -0.2) is 0 Å². The molecule has 0 saturated carbocycles. The minimum atomic E-state index is -4.53. The highest BCUT2D eigenvalue weighted by Gasteiger charge is 2.24. The maximum atomic E-state index is 10.4. The van der Waals surface area contributed by atoms with Crippen LogP contribution in [0.2, 0.25) is 0 Å². The minimum Gasteiger partial charge on any atom is -0.492 e. The summed E-state index contributed by atoms with van der Waals surface area (Å²) >= 11 is 0. The SMILES string of the molecule is C=Cc1cccc(O[Cl+3]([O-])([O-])[O-])c1OC. The van der Waals surface area contributed by atoms with Crippen molar-refractivity contribution in [2.75, 3.05) is 7.11 Å².